The van der Waals surface area contributed by atoms with Crippen LogP contribution in [0.3, 0.4) is 0 Å². The Morgan fingerprint density at radius 3 is 2.71 bits per heavy atom. The number of carbonyl (C=O) groups excluding carboxylic acids is 1. The molecule has 1 aliphatic rings. The van der Waals surface area contributed by atoms with Crippen LogP contribution in [0.4, 0.5) is 5.69 Å². The van der Waals surface area contributed by atoms with E-state index >= 15 is 0 Å². The van der Waals surface area contributed by atoms with Gasteiger partial charge >= 0.3 is 5.97 Å². The maximum atomic E-state index is 12.2. The first kappa shape index (κ1) is 22.0. The minimum Gasteiger partial charge on any atom is -0.459 e. The molecule has 5 nitrogen and oxygen atoms in total. The van der Waals surface area contributed by atoms with E-state index in [1.165, 1.54) is 18.4 Å². The molecule has 0 saturated carbocycles. The van der Waals surface area contributed by atoms with Crippen LogP contribution in [-0.2, 0) is 14.3 Å². The van der Waals surface area contributed by atoms with Gasteiger partial charge in [0.15, 0.2) is 0 Å². The van der Waals surface area contributed by atoms with Gasteiger partial charge in [0.1, 0.15) is 18.2 Å². The number of fused-ring (bicyclic) bond motifs is 1. The zero-order valence-corrected chi connectivity index (χ0v) is 18.0. The molecule has 1 heterocycles. The van der Waals surface area contributed by atoms with E-state index in [2.05, 4.69) is 44.7 Å². The third-order valence-electron chi connectivity index (χ3n) is 5.38. The van der Waals surface area contributed by atoms with Crippen LogP contribution in [0.5, 0.6) is 0 Å². The highest BCUT2D eigenvalue weighted by Gasteiger charge is 2.36. The van der Waals surface area contributed by atoms with Gasteiger partial charge in [0.2, 0.25) is 0 Å². The SMILES string of the molecule is CCCN1c2cc(C)c(/C=C(/C#N)C(=O)OCCOC)cc2C(C)CC1(C)C. The summed E-state index contributed by atoms with van der Waals surface area (Å²) in [7, 11) is 1.54. The number of ether oxygens (including phenoxy) is 2. The van der Waals surface area contributed by atoms with Crippen LogP contribution in [0.25, 0.3) is 6.08 Å². The summed E-state index contributed by atoms with van der Waals surface area (Å²) in [5.74, 6) is -0.205. The van der Waals surface area contributed by atoms with E-state index in [-0.39, 0.29) is 17.7 Å². The van der Waals surface area contributed by atoms with Crippen molar-refractivity contribution in [1.82, 2.24) is 0 Å². The molecule has 1 aromatic rings. The molecule has 1 atom stereocenters. The van der Waals surface area contributed by atoms with Crippen LogP contribution >= 0.6 is 0 Å². The Hall–Kier alpha value is -2.32. The van der Waals surface area contributed by atoms with Crippen LogP contribution in [0.15, 0.2) is 17.7 Å². The minimum atomic E-state index is -0.613. The number of benzene rings is 1. The number of carbonyl (C=O) groups is 1. The van der Waals surface area contributed by atoms with Gasteiger partial charge in [-0.3, -0.25) is 0 Å². The first-order valence-electron chi connectivity index (χ1n) is 9.95. The maximum Gasteiger partial charge on any atom is 0.348 e. The second kappa shape index (κ2) is 9.25. The average Bonchev–Trinajstić information content (AvgIpc) is 2.63. The fourth-order valence-electron chi connectivity index (χ4n) is 4.04. The van der Waals surface area contributed by atoms with Crippen LogP contribution in [0.2, 0.25) is 0 Å². The predicted octanol–water partition coefficient (Wildman–Crippen LogP) is 4.59. The number of esters is 1. The molecule has 152 valence electrons. The normalized spacial score (nSPS) is 18.4. The number of methoxy groups -OCH3 is 1. The van der Waals surface area contributed by atoms with Gasteiger partial charge in [-0.25, -0.2) is 4.79 Å². The Balaban J connectivity index is 2.42. The van der Waals surface area contributed by atoms with Crippen molar-refractivity contribution in [2.24, 2.45) is 0 Å². The van der Waals surface area contributed by atoms with Gasteiger partial charge in [-0.1, -0.05) is 13.8 Å². The largest absolute Gasteiger partial charge is 0.459 e. The molecule has 1 unspecified atom stereocenters. The summed E-state index contributed by atoms with van der Waals surface area (Å²) in [5, 5.41) is 9.42. The average molecular weight is 385 g/mol. The molecule has 0 saturated heterocycles. The second-order valence-electron chi connectivity index (χ2n) is 8.14. The summed E-state index contributed by atoms with van der Waals surface area (Å²) in [6.07, 6.45) is 3.79. The molecule has 1 aromatic carbocycles. The molecule has 0 bridgehead atoms. The number of hydrogen-bond acceptors (Lipinski definition) is 5. The molecular weight excluding hydrogens is 352 g/mol. The lowest BCUT2D eigenvalue weighted by Crippen LogP contribution is -2.48. The summed E-state index contributed by atoms with van der Waals surface area (Å²) < 4.78 is 9.97. The third-order valence-corrected chi connectivity index (χ3v) is 5.38. The van der Waals surface area contributed by atoms with Crippen LogP contribution < -0.4 is 4.90 Å². The first-order chi connectivity index (χ1) is 13.2. The van der Waals surface area contributed by atoms with E-state index in [1.807, 2.05) is 13.0 Å². The Bertz CT molecular complexity index is 790. The Kier molecular flexibility index (Phi) is 7.26. The highest BCUT2D eigenvalue weighted by molar-refractivity contribution is 5.98. The maximum absolute atomic E-state index is 12.2. The summed E-state index contributed by atoms with van der Waals surface area (Å²) in [6.45, 7) is 12.5. The lowest BCUT2D eigenvalue weighted by atomic mass is 9.78. The van der Waals surface area contributed by atoms with Crippen LogP contribution in [0, 0.1) is 18.3 Å². The fraction of sp³-hybridized carbons (Fsp3) is 0.565. The molecule has 1 aliphatic heterocycles. The van der Waals surface area contributed by atoms with Crippen molar-refractivity contribution >= 4 is 17.7 Å². The summed E-state index contributed by atoms with van der Waals surface area (Å²) in [5.41, 5.74) is 4.59. The quantitative estimate of drug-likeness (QED) is 0.298. The lowest BCUT2D eigenvalue weighted by Gasteiger charge is -2.48. The third kappa shape index (κ3) is 4.74. The van der Waals surface area contributed by atoms with Crippen molar-refractivity contribution in [3.63, 3.8) is 0 Å². The van der Waals surface area contributed by atoms with E-state index in [0.29, 0.717) is 12.5 Å². The molecule has 0 aliphatic carbocycles. The summed E-state index contributed by atoms with van der Waals surface area (Å²) >= 11 is 0. The van der Waals surface area contributed by atoms with Crippen molar-refractivity contribution in [2.75, 3.05) is 31.8 Å². The number of rotatable bonds is 7. The van der Waals surface area contributed by atoms with Gasteiger partial charge in [0, 0.05) is 24.9 Å². The zero-order valence-electron chi connectivity index (χ0n) is 18.0. The van der Waals surface area contributed by atoms with Gasteiger partial charge in [0.05, 0.1) is 6.61 Å². The fourth-order valence-corrected chi connectivity index (χ4v) is 4.04. The van der Waals surface area contributed by atoms with Gasteiger partial charge in [0.25, 0.3) is 0 Å². The van der Waals surface area contributed by atoms with Gasteiger partial charge in [-0.2, -0.15) is 5.26 Å². The van der Waals surface area contributed by atoms with Crippen molar-refractivity contribution in [2.45, 2.75) is 58.9 Å². The van der Waals surface area contributed by atoms with Crippen molar-refractivity contribution in [3.05, 3.63) is 34.4 Å². The van der Waals surface area contributed by atoms with Crippen LogP contribution in [0.1, 0.15) is 63.1 Å². The molecule has 0 fully saturated rings. The lowest BCUT2D eigenvalue weighted by molar-refractivity contribution is -0.139. The first-order valence-corrected chi connectivity index (χ1v) is 9.95. The Labute approximate surface area is 168 Å². The topological polar surface area (TPSA) is 62.6 Å². The Morgan fingerprint density at radius 1 is 1.39 bits per heavy atom. The second-order valence-corrected chi connectivity index (χ2v) is 8.14. The standard InChI is InChI=1S/C23H32N2O3/c1-7-8-25-21-11-16(2)18(13-20(21)17(3)14-23(25,4)5)12-19(15-24)22(26)28-10-9-27-6/h11-13,17H,7-10,14H2,1-6H3/b19-12-. The Morgan fingerprint density at radius 2 is 2.11 bits per heavy atom. The van der Waals surface area contributed by atoms with E-state index < -0.39 is 5.97 Å². The monoisotopic (exact) mass is 384 g/mol. The molecule has 0 spiro atoms. The number of nitriles is 1. The van der Waals surface area contributed by atoms with Crippen molar-refractivity contribution in [3.8, 4) is 6.07 Å². The van der Waals surface area contributed by atoms with E-state index in [0.717, 1.165) is 30.5 Å². The minimum absolute atomic E-state index is 0.00774. The van der Waals surface area contributed by atoms with Crippen molar-refractivity contribution in [1.29, 1.82) is 5.26 Å². The molecule has 28 heavy (non-hydrogen) atoms. The molecule has 5 heteroatoms. The van der Waals surface area contributed by atoms with Gasteiger partial charge in [-0.05, 0) is 74.4 Å². The van der Waals surface area contributed by atoms with E-state index in [1.54, 1.807) is 6.08 Å². The zero-order chi connectivity index (χ0) is 20.9. The smallest absolute Gasteiger partial charge is 0.348 e. The van der Waals surface area contributed by atoms with E-state index in [4.69, 9.17) is 9.47 Å². The highest BCUT2D eigenvalue weighted by atomic mass is 16.6. The van der Waals surface area contributed by atoms with Gasteiger partial charge < -0.3 is 14.4 Å². The summed E-state index contributed by atoms with van der Waals surface area (Å²) in [4.78, 5) is 14.7. The van der Waals surface area contributed by atoms with Gasteiger partial charge in [-0.15, -0.1) is 0 Å². The molecular formula is C23H32N2O3. The van der Waals surface area contributed by atoms with Crippen molar-refractivity contribution < 1.29 is 14.3 Å². The number of aryl methyl sites for hydroxylation is 1. The molecule has 0 N–H and O–H groups in total. The summed E-state index contributed by atoms with van der Waals surface area (Å²) in [6, 6.07) is 6.30. The molecule has 0 amide bonds. The molecule has 0 aromatic heterocycles. The highest BCUT2D eigenvalue weighted by Crippen LogP contribution is 2.44. The number of nitrogens with zero attached hydrogens (tertiary/aromatic N) is 2. The molecule has 0 radical (unpaired) electrons. The van der Waals surface area contributed by atoms with E-state index in [9.17, 15) is 10.1 Å². The number of anilines is 1. The molecule has 2 rings (SSSR count). The van der Waals surface area contributed by atoms with Crippen LogP contribution in [-0.4, -0.2) is 38.4 Å². The predicted molar refractivity (Wildman–Crippen MR) is 112 cm³/mol. The number of hydrogen-bond donors (Lipinski definition) is 0.